The lowest BCUT2D eigenvalue weighted by Crippen LogP contribution is -2.45. The molecule has 3 N–H and O–H groups in total. The van der Waals surface area contributed by atoms with Crippen molar-refractivity contribution in [1.82, 2.24) is 20.3 Å². The molecule has 0 spiro atoms. The third kappa shape index (κ3) is 9.61. The van der Waals surface area contributed by atoms with Crippen LogP contribution in [0.25, 0.3) is 0 Å². The van der Waals surface area contributed by atoms with Crippen LogP contribution >= 0.6 is 0 Å². The summed E-state index contributed by atoms with van der Waals surface area (Å²) in [4.78, 5) is 5.37. The van der Waals surface area contributed by atoms with Crippen LogP contribution in [-0.4, -0.2) is 77.5 Å². The van der Waals surface area contributed by atoms with Gasteiger partial charge in [0, 0.05) is 39.3 Å². The minimum Gasteiger partial charge on any atom is -0.356 e. The molecule has 1 aliphatic rings. The zero-order valence-electron chi connectivity index (χ0n) is 13.3. The van der Waals surface area contributed by atoms with E-state index in [9.17, 15) is 21.6 Å². The van der Waals surface area contributed by atoms with E-state index in [0.29, 0.717) is 45.0 Å². The highest BCUT2D eigenvalue weighted by atomic mass is 32.2. The summed E-state index contributed by atoms with van der Waals surface area (Å²) < 4.78 is 61.2. The van der Waals surface area contributed by atoms with Crippen molar-refractivity contribution in [1.29, 1.82) is 0 Å². The zero-order valence-corrected chi connectivity index (χ0v) is 14.1. The average Bonchev–Trinajstić information content (AvgIpc) is 2.80. The lowest BCUT2D eigenvalue weighted by atomic mass is 10.3. The summed E-state index contributed by atoms with van der Waals surface area (Å²) in [5.41, 5.74) is 0. The molecule has 0 radical (unpaired) electrons. The molecule has 1 aliphatic heterocycles. The number of hydrogen-bond acceptors (Lipinski definition) is 4. The molecule has 0 aromatic rings. The summed E-state index contributed by atoms with van der Waals surface area (Å²) in [7, 11) is -1.62. The number of nitrogens with one attached hydrogen (secondary N) is 3. The quantitative estimate of drug-likeness (QED) is 0.331. The van der Waals surface area contributed by atoms with Crippen molar-refractivity contribution >= 4 is 16.0 Å². The molecule has 0 aromatic carbocycles. The molecule has 1 fully saturated rings. The number of aliphatic imine (C=N–C) groups is 1. The van der Waals surface area contributed by atoms with Crippen LogP contribution in [0.2, 0.25) is 0 Å². The van der Waals surface area contributed by atoms with Crippen LogP contribution in [0.15, 0.2) is 4.99 Å². The van der Waals surface area contributed by atoms with Crippen LogP contribution in [-0.2, 0) is 10.0 Å². The first kappa shape index (κ1) is 20.0. The third-order valence-corrected chi connectivity index (χ3v) is 3.98. The topological polar surface area (TPSA) is 85.8 Å². The summed E-state index contributed by atoms with van der Waals surface area (Å²) >= 11 is 0. The van der Waals surface area contributed by atoms with Crippen LogP contribution in [0.1, 0.15) is 12.8 Å². The highest BCUT2D eigenvalue weighted by Crippen LogP contribution is 2.19. The van der Waals surface area contributed by atoms with Crippen molar-refractivity contribution in [3.05, 3.63) is 0 Å². The average molecular weight is 359 g/mol. The maximum absolute atomic E-state index is 12.3. The Labute approximate surface area is 134 Å². The lowest BCUT2D eigenvalue weighted by molar-refractivity contribution is -0.143. The third-order valence-electron chi connectivity index (χ3n) is 3.25. The van der Waals surface area contributed by atoms with Gasteiger partial charge < -0.3 is 10.6 Å². The van der Waals surface area contributed by atoms with Gasteiger partial charge in [0.15, 0.2) is 5.96 Å². The maximum Gasteiger partial charge on any atom is 0.401 e. The fourth-order valence-electron chi connectivity index (χ4n) is 2.29. The number of rotatable bonds is 7. The highest BCUT2D eigenvalue weighted by Gasteiger charge is 2.34. The van der Waals surface area contributed by atoms with Crippen molar-refractivity contribution in [3.63, 3.8) is 0 Å². The molecular weight excluding hydrogens is 335 g/mol. The van der Waals surface area contributed by atoms with Crippen molar-refractivity contribution in [2.24, 2.45) is 4.99 Å². The molecule has 0 saturated carbocycles. The van der Waals surface area contributed by atoms with Crippen molar-refractivity contribution < 1.29 is 21.6 Å². The fourth-order valence-corrected chi connectivity index (χ4v) is 2.80. The molecule has 0 amide bonds. The molecule has 1 atom stereocenters. The van der Waals surface area contributed by atoms with Crippen molar-refractivity contribution in [2.45, 2.75) is 25.1 Å². The molecule has 1 rings (SSSR count). The smallest absolute Gasteiger partial charge is 0.356 e. The first-order valence-corrected chi connectivity index (χ1v) is 9.19. The Hall–Kier alpha value is -1.07. The zero-order chi connectivity index (χ0) is 17.5. The Kier molecular flexibility index (Phi) is 7.55. The number of alkyl halides is 3. The van der Waals surface area contributed by atoms with E-state index in [1.54, 1.807) is 7.05 Å². The molecule has 136 valence electrons. The largest absolute Gasteiger partial charge is 0.401 e. The van der Waals surface area contributed by atoms with Gasteiger partial charge in [-0.25, -0.2) is 13.1 Å². The molecular formula is C12H24F3N5O2S. The Bertz CT molecular complexity index is 495. The summed E-state index contributed by atoms with van der Waals surface area (Å²) in [5, 5.41) is 6.09. The first-order valence-electron chi connectivity index (χ1n) is 7.30. The highest BCUT2D eigenvalue weighted by molar-refractivity contribution is 7.88. The SMILES string of the molecule is CN=C(NCCCNS(C)(=O)=O)NC1CCN(CC(F)(F)F)C1. The van der Waals surface area contributed by atoms with Gasteiger partial charge in [0.05, 0.1) is 12.8 Å². The predicted octanol–water partition coefficient (Wildman–Crippen LogP) is -0.273. The van der Waals surface area contributed by atoms with Crippen LogP contribution < -0.4 is 15.4 Å². The van der Waals surface area contributed by atoms with Gasteiger partial charge in [-0.2, -0.15) is 13.2 Å². The number of halogens is 3. The van der Waals surface area contributed by atoms with Gasteiger partial charge in [0.1, 0.15) is 0 Å². The standard InChI is InChI=1S/C12H24F3N5O2S/c1-16-11(17-5-3-6-18-23(2,21)22)19-10-4-7-20(8-10)9-12(13,14)15/h10,18H,3-9H2,1-2H3,(H2,16,17,19). The molecule has 0 bridgehead atoms. The molecule has 23 heavy (non-hydrogen) atoms. The molecule has 11 heteroatoms. The van der Waals surface area contributed by atoms with Crippen molar-refractivity contribution in [3.8, 4) is 0 Å². The normalized spacial score (nSPS) is 20.7. The second-order valence-electron chi connectivity index (χ2n) is 5.50. The van der Waals surface area contributed by atoms with E-state index < -0.39 is 22.7 Å². The van der Waals surface area contributed by atoms with Gasteiger partial charge in [-0.05, 0) is 12.8 Å². The number of guanidine groups is 1. The summed E-state index contributed by atoms with van der Waals surface area (Å²) in [6.45, 7) is 0.628. The number of sulfonamides is 1. The molecule has 1 heterocycles. The minimum atomic E-state index is -4.18. The van der Waals surface area contributed by atoms with E-state index in [4.69, 9.17) is 0 Å². The predicted molar refractivity (Wildman–Crippen MR) is 82.9 cm³/mol. The summed E-state index contributed by atoms with van der Waals surface area (Å²) in [6.07, 6.45) is -1.90. The molecule has 7 nitrogen and oxygen atoms in total. The van der Waals surface area contributed by atoms with E-state index in [1.165, 1.54) is 4.90 Å². The second kappa shape index (κ2) is 8.69. The van der Waals surface area contributed by atoms with E-state index in [2.05, 4.69) is 20.3 Å². The van der Waals surface area contributed by atoms with E-state index >= 15 is 0 Å². The molecule has 1 unspecified atom stereocenters. The minimum absolute atomic E-state index is 0.0855. The number of nitrogens with zero attached hydrogens (tertiary/aromatic N) is 2. The Morgan fingerprint density at radius 3 is 2.61 bits per heavy atom. The van der Waals surface area contributed by atoms with Crippen LogP contribution in [0.4, 0.5) is 13.2 Å². The van der Waals surface area contributed by atoms with E-state index in [-0.39, 0.29) is 6.04 Å². The van der Waals surface area contributed by atoms with Gasteiger partial charge in [0.25, 0.3) is 0 Å². The Balaban J connectivity index is 2.24. The van der Waals surface area contributed by atoms with Crippen LogP contribution in [0.3, 0.4) is 0 Å². The lowest BCUT2D eigenvalue weighted by Gasteiger charge is -2.19. The van der Waals surface area contributed by atoms with Gasteiger partial charge in [-0.1, -0.05) is 0 Å². The summed E-state index contributed by atoms with van der Waals surface area (Å²) in [6, 6.07) is -0.0855. The van der Waals surface area contributed by atoms with Gasteiger partial charge >= 0.3 is 6.18 Å². The Morgan fingerprint density at radius 2 is 2.04 bits per heavy atom. The number of likely N-dealkylation sites (tertiary alicyclic amines) is 1. The second-order valence-corrected chi connectivity index (χ2v) is 7.33. The Morgan fingerprint density at radius 1 is 1.35 bits per heavy atom. The number of hydrogen-bond donors (Lipinski definition) is 3. The van der Waals surface area contributed by atoms with Crippen LogP contribution in [0.5, 0.6) is 0 Å². The van der Waals surface area contributed by atoms with Crippen molar-refractivity contribution in [2.75, 3.05) is 46.0 Å². The molecule has 1 saturated heterocycles. The van der Waals surface area contributed by atoms with Crippen LogP contribution in [0, 0.1) is 0 Å². The molecule has 0 aromatic heterocycles. The van der Waals surface area contributed by atoms with E-state index in [0.717, 1.165) is 6.26 Å². The maximum atomic E-state index is 12.3. The first-order chi connectivity index (χ1) is 10.6. The van der Waals surface area contributed by atoms with E-state index in [1.807, 2.05) is 0 Å². The van der Waals surface area contributed by atoms with Gasteiger partial charge in [-0.15, -0.1) is 0 Å². The van der Waals surface area contributed by atoms with Gasteiger partial charge in [0.2, 0.25) is 10.0 Å². The fraction of sp³-hybridized carbons (Fsp3) is 0.917. The molecule has 0 aliphatic carbocycles. The summed E-state index contributed by atoms with van der Waals surface area (Å²) in [5.74, 6) is 0.503. The van der Waals surface area contributed by atoms with Gasteiger partial charge in [-0.3, -0.25) is 9.89 Å². The monoisotopic (exact) mass is 359 g/mol.